The Kier molecular flexibility index (Phi) is 31.7. The van der Waals surface area contributed by atoms with Gasteiger partial charge in [-0.2, -0.15) is 8.42 Å². The average molecular weight is 824 g/mol. The zero-order valence-electron chi connectivity index (χ0n) is 34.8. The summed E-state index contributed by atoms with van der Waals surface area (Å²) in [5.74, 6) is -0.702. The van der Waals surface area contributed by atoms with Crippen molar-refractivity contribution in [3.05, 3.63) is 12.2 Å². The molecule has 0 aromatic carbocycles. The number of amides is 1. The Morgan fingerprint density at radius 2 is 1.16 bits per heavy atom. The molecule has 56 heavy (non-hydrogen) atoms. The van der Waals surface area contributed by atoms with Gasteiger partial charge in [0.05, 0.1) is 25.4 Å². The van der Waals surface area contributed by atoms with Crippen LogP contribution in [0.5, 0.6) is 0 Å². The van der Waals surface area contributed by atoms with Gasteiger partial charge in [-0.05, 0) is 19.3 Å². The molecule has 332 valence electrons. The Morgan fingerprint density at radius 3 is 1.61 bits per heavy atom. The second-order valence-corrected chi connectivity index (χ2v) is 16.8. The quantitative estimate of drug-likeness (QED) is 0.0192. The maximum atomic E-state index is 13.1. The number of aliphatic hydroxyl groups is 5. The Balaban J connectivity index is 2.59. The zero-order valence-corrected chi connectivity index (χ0v) is 35.6. The van der Waals surface area contributed by atoms with E-state index in [2.05, 4.69) is 23.3 Å². The zero-order chi connectivity index (χ0) is 41.4. The van der Waals surface area contributed by atoms with Gasteiger partial charge in [0.2, 0.25) is 5.91 Å². The fraction of sp³-hybridized carbons (Fsp3) is 0.929. The molecule has 0 aromatic rings. The van der Waals surface area contributed by atoms with Crippen LogP contribution in [0.3, 0.4) is 0 Å². The molecule has 0 spiro atoms. The summed E-state index contributed by atoms with van der Waals surface area (Å²) < 4.78 is 47.4. The number of allylic oxidation sites excluding steroid dienone is 1. The highest BCUT2D eigenvalue weighted by Crippen LogP contribution is 2.26. The second kappa shape index (κ2) is 33.6. The highest BCUT2D eigenvalue weighted by molar-refractivity contribution is 7.80. The molecule has 8 atom stereocenters. The molecule has 1 heterocycles. The van der Waals surface area contributed by atoms with Gasteiger partial charge in [0.15, 0.2) is 6.29 Å². The predicted octanol–water partition coefficient (Wildman–Crippen LogP) is 6.97. The van der Waals surface area contributed by atoms with Gasteiger partial charge in [-0.3, -0.25) is 9.35 Å². The van der Waals surface area contributed by atoms with Gasteiger partial charge in [-0.25, -0.2) is 4.18 Å². The van der Waals surface area contributed by atoms with E-state index in [-0.39, 0.29) is 6.42 Å². The SMILES string of the molecule is CCCCCCCCCCC/C=C/C(O)C(COC1OC(CO)C(O)C(OS(=O)(=O)O)C1O)NC(=O)C(O)CCCCCCCCCCCCCCCCCC. The van der Waals surface area contributed by atoms with E-state index in [4.69, 9.17) is 14.0 Å². The van der Waals surface area contributed by atoms with Gasteiger partial charge >= 0.3 is 10.4 Å². The number of ether oxygens (including phenoxy) is 2. The van der Waals surface area contributed by atoms with Crippen LogP contribution in [0.4, 0.5) is 0 Å². The van der Waals surface area contributed by atoms with Crippen LogP contribution >= 0.6 is 0 Å². The van der Waals surface area contributed by atoms with E-state index < -0.39 is 78.5 Å². The van der Waals surface area contributed by atoms with Crippen LogP contribution in [-0.4, -0.2) is 107 Å². The van der Waals surface area contributed by atoms with Crippen molar-refractivity contribution < 1.29 is 57.0 Å². The van der Waals surface area contributed by atoms with Crippen LogP contribution in [0.25, 0.3) is 0 Å². The highest BCUT2D eigenvalue weighted by Gasteiger charge is 2.48. The number of hydrogen-bond donors (Lipinski definition) is 7. The minimum atomic E-state index is -5.11. The Hall–Kier alpha value is -1.20. The van der Waals surface area contributed by atoms with Crippen molar-refractivity contribution in [3.63, 3.8) is 0 Å². The third-order valence-corrected chi connectivity index (χ3v) is 11.1. The lowest BCUT2D eigenvalue weighted by Crippen LogP contribution is -2.61. The maximum Gasteiger partial charge on any atom is 0.397 e. The van der Waals surface area contributed by atoms with E-state index >= 15 is 0 Å². The molecule has 8 unspecified atom stereocenters. The first-order chi connectivity index (χ1) is 26.9. The van der Waals surface area contributed by atoms with E-state index in [9.17, 15) is 38.7 Å². The minimum Gasteiger partial charge on any atom is -0.394 e. The molecule has 1 amide bonds. The van der Waals surface area contributed by atoms with Crippen LogP contribution in [0.2, 0.25) is 0 Å². The second-order valence-electron chi connectivity index (χ2n) is 15.8. The summed E-state index contributed by atoms with van der Waals surface area (Å²) >= 11 is 0. The number of nitrogens with one attached hydrogen (secondary N) is 1. The summed E-state index contributed by atoms with van der Waals surface area (Å²) in [5, 5.41) is 55.0. The Labute approximate surface area is 339 Å². The highest BCUT2D eigenvalue weighted by atomic mass is 32.3. The number of carbonyl (C=O) groups is 1. The van der Waals surface area contributed by atoms with Crippen LogP contribution in [0.15, 0.2) is 12.2 Å². The van der Waals surface area contributed by atoms with E-state index in [0.717, 1.165) is 38.5 Å². The number of hydrogen-bond acceptors (Lipinski definition) is 11. The molecule has 0 radical (unpaired) electrons. The topological polar surface area (TPSA) is 212 Å². The summed E-state index contributed by atoms with van der Waals surface area (Å²) in [4.78, 5) is 13.1. The maximum absolute atomic E-state index is 13.1. The molecule has 7 N–H and O–H groups in total. The molecule has 1 aliphatic heterocycles. The van der Waals surface area contributed by atoms with Gasteiger partial charge in [0, 0.05) is 0 Å². The van der Waals surface area contributed by atoms with Crippen LogP contribution in [0, 0.1) is 0 Å². The molecule has 1 fully saturated rings. The summed E-state index contributed by atoms with van der Waals surface area (Å²) in [5.41, 5.74) is 0. The van der Waals surface area contributed by atoms with E-state index in [0.29, 0.717) is 12.8 Å². The number of aliphatic hydroxyl groups excluding tert-OH is 5. The third kappa shape index (κ3) is 26.0. The van der Waals surface area contributed by atoms with E-state index in [1.54, 1.807) is 0 Å². The third-order valence-electron chi connectivity index (χ3n) is 10.7. The van der Waals surface area contributed by atoms with Crippen molar-refractivity contribution in [1.82, 2.24) is 5.32 Å². The molecule has 0 aliphatic carbocycles. The first kappa shape index (κ1) is 52.8. The van der Waals surface area contributed by atoms with Crippen LogP contribution in [-0.2, 0) is 28.9 Å². The summed E-state index contributed by atoms with van der Waals surface area (Å²) in [6.07, 6.45) is 23.0. The van der Waals surface area contributed by atoms with Gasteiger partial charge in [-0.15, -0.1) is 0 Å². The van der Waals surface area contributed by atoms with Crippen molar-refractivity contribution in [3.8, 4) is 0 Å². The van der Waals surface area contributed by atoms with Crippen molar-refractivity contribution >= 4 is 16.3 Å². The number of unbranched alkanes of at least 4 members (excludes halogenated alkanes) is 24. The lowest BCUT2D eigenvalue weighted by molar-refractivity contribution is -0.298. The molecule has 0 saturated carbocycles. The largest absolute Gasteiger partial charge is 0.397 e. The Morgan fingerprint density at radius 1 is 0.714 bits per heavy atom. The lowest BCUT2D eigenvalue weighted by atomic mass is 9.99. The molecule has 1 rings (SSSR count). The molecule has 14 heteroatoms. The van der Waals surface area contributed by atoms with E-state index in [1.807, 2.05) is 6.08 Å². The van der Waals surface area contributed by atoms with Gasteiger partial charge in [0.1, 0.15) is 30.5 Å². The summed E-state index contributed by atoms with van der Waals surface area (Å²) in [6, 6.07) is -1.11. The molecule has 1 aliphatic rings. The van der Waals surface area contributed by atoms with Crippen molar-refractivity contribution in [2.45, 2.75) is 236 Å². The fourth-order valence-corrected chi connectivity index (χ4v) is 7.62. The van der Waals surface area contributed by atoms with Crippen molar-refractivity contribution in [2.24, 2.45) is 0 Å². The Bertz CT molecular complexity index is 1080. The molecule has 1 saturated heterocycles. The predicted molar refractivity (Wildman–Crippen MR) is 219 cm³/mol. The average Bonchev–Trinajstić information content (AvgIpc) is 3.16. The van der Waals surface area contributed by atoms with Gasteiger partial charge < -0.3 is 40.3 Å². The standard InChI is InChI=1S/C42H81NO12S/c1-3-5-7-9-11-13-15-16-17-18-19-21-23-25-27-29-31-36(46)41(49)43-34(35(45)30-28-26-24-22-20-14-12-10-8-6-4-2)33-53-42-39(48)40(55-56(50,51)52)38(47)37(32-44)54-42/h28,30,34-40,42,44-48H,3-27,29,31-33H2,1-2H3,(H,43,49)(H,50,51,52)/b30-28+. The smallest absolute Gasteiger partial charge is 0.394 e. The molecular weight excluding hydrogens is 743 g/mol. The number of rotatable bonds is 37. The summed E-state index contributed by atoms with van der Waals surface area (Å²) in [7, 11) is -5.11. The van der Waals surface area contributed by atoms with Gasteiger partial charge in [-0.1, -0.05) is 180 Å². The van der Waals surface area contributed by atoms with E-state index in [1.165, 1.54) is 122 Å². The normalized spacial score (nSPS) is 22.0. The molecule has 0 bridgehead atoms. The minimum absolute atomic E-state index is 0.248. The lowest BCUT2D eigenvalue weighted by Gasteiger charge is -2.41. The fourth-order valence-electron chi connectivity index (χ4n) is 7.11. The number of carbonyl (C=O) groups excluding carboxylic acids is 1. The molecule has 13 nitrogen and oxygen atoms in total. The van der Waals surface area contributed by atoms with Crippen LogP contribution < -0.4 is 5.32 Å². The van der Waals surface area contributed by atoms with Crippen molar-refractivity contribution in [2.75, 3.05) is 13.2 Å². The van der Waals surface area contributed by atoms with Crippen LogP contribution in [0.1, 0.15) is 187 Å². The molecule has 0 aromatic heterocycles. The summed E-state index contributed by atoms with van der Waals surface area (Å²) in [6.45, 7) is 3.19. The first-order valence-corrected chi connectivity index (χ1v) is 23.5. The van der Waals surface area contributed by atoms with Crippen molar-refractivity contribution in [1.29, 1.82) is 0 Å². The monoisotopic (exact) mass is 824 g/mol. The molecular formula is C42H81NO12S. The first-order valence-electron chi connectivity index (χ1n) is 22.2. The van der Waals surface area contributed by atoms with Gasteiger partial charge in [0.25, 0.3) is 0 Å².